The number of fused-ring (bicyclic) bond motifs is 1. The Labute approximate surface area is 152 Å². The summed E-state index contributed by atoms with van der Waals surface area (Å²) in [6.07, 6.45) is 4.84. The summed E-state index contributed by atoms with van der Waals surface area (Å²) in [6, 6.07) is 6.91. The number of rotatable bonds is 5. The fourth-order valence-electron chi connectivity index (χ4n) is 3.26. The third-order valence-corrected chi connectivity index (χ3v) is 4.59. The van der Waals surface area contributed by atoms with Gasteiger partial charge in [0.2, 0.25) is 0 Å². The van der Waals surface area contributed by atoms with Gasteiger partial charge >= 0.3 is 5.97 Å². The van der Waals surface area contributed by atoms with Crippen LogP contribution in [0.4, 0.5) is 4.39 Å². The summed E-state index contributed by atoms with van der Waals surface area (Å²) in [4.78, 5) is 16.5. The second-order valence-corrected chi connectivity index (χ2v) is 6.58. The summed E-state index contributed by atoms with van der Waals surface area (Å²) in [5, 5.41) is 0. The van der Waals surface area contributed by atoms with E-state index < -0.39 is 11.8 Å². The van der Waals surface area contributed by atoms with Gasteiger partial charge in [0.25, 0.3) is 0 Å². The standard InChI is InChI=1S/C21H23FN2O2/c1-5-6-7-17-20(23-18-10-13(2)8-9-24(17)18)19-14(3)11-15(12-16(19)22)21(25)26-4/h8-12H,5-7H2,1-4H3. The zero-order chi connectivity index (χ0) is 18.8. The molecule has 4 nitrogen and oxygen atoms in total. The van der Waals surface area contributed by atoms with Gasteiger partial charge in [0.1, 0.15) is 11.5 Å². The van der Waals surface area contributed by atoms with Gasteiger partial charge in [-0.1, -0.05) is 13.3 Å². The number of carbonyl (C=O) groups is 1. The molecule has 0 saturated carbocycles. The van der Waals surface area contributed by atoms with Crippen molar-refractivity contribution in [1.29, 1.82) is 0 Å². The maximum absolute atomic E-state index is 14.9. The number of nitrogens with zero attached hydrogens (tertiary/aromatic N) is 2. The number of hydrogen-bond donors (Lipinski definition) is 0. The molecule has 0 amide bonds. The fraction of sp³-hybridized carbons (Fsp3) is 0.333. The van der Waals surface area contributed by atoms with Gasteiger partial charge in [-0.15, -0.1) is 0 Å². The Kier molecular flexibility index (Phi) is 5.07. The van der Waals surface area contributed by atoms with E-state index in [1.165, 1.54) is 13.2 Å². The molecule has 3 aromatic rings. The van der Waals surface area contributed by atoms with Crippen molar-refractivity contribution in [2.75, 3.05) is 7.11 Å². The molecule has 0 aliphatic carbocycles. The number of pyridine rings is 1. The quantitative estimate of drug-likeness (QED) is 0.613. The van der Waals surface area contributed by atoms with Crippen LogP contribution in [0.25, 0.3) is 16.9 Å². The molecule has 2 heterocycles. The van der Waals surface area contributed by atoms with Gasteiger partial charge in [-0.3, -0.25) is 0 Å². The lowest BCUT2D eigenvalue weighted by Gasteiger charge is -2.10. The van der Waals surface area contributed by atoms with E-state index in [9.17, 15) is 9.18 Å². The summed E-state index contributed by atoms with van der Waals surface area (Å²) in [5.74, 6) is -1.00. The Morgan fingerprint density at radius 1 is 1.27 bits per heavy atom. The number of halogens is 1. The summed E-state index contributed by atoms with van der Waals surface area (Å²) in [5.41, 5.74) is 4.88. The number of methoxy groups -OCH3 is 1. The van der Waals surface area contributed by atoms with Crippen molar-refractivity contribution in [1.82, 2.24) is 9.38 Å². The Bertz CT molecular complexity index is 953. The van der Waals surface area contributed by atoms with E-state index in [-0.39, 0.29) is 5.56 Å². The largest absolute Gasteiger partial charge is 0.465 e. The fourth-order valence-corrected chi connectivity index (χ4v) is 3.26. The molecular weight excluding hydrogens is 331 g/mol. The van der Waals surface area contributed by atoms with Crippen molar-refractivity contribution in [3.8, 4) is 11.3 Å². The first-order valence-corrected chi connectivity index (χ1v) is 8.82. The lowest BCUT2D eigenvalue weighted by atomic mass is 9.99. The summed E-state index contributed by atoms with van der Waals surface area (Å²) < 4.78 is 21.7. The molecule has 26 heavy (non-hydrogen) atoms. The molecular formula is C21H23FN2O2. The summed E-state index contributed by atoms with van der Waals surface area (Å²) in [6.45, 7) is 5.94. The Balaban J connectivity index is 2.22. The second-order valence-electron chi connectivity index (χ2n) is 6.58. The number of benzene rings is 1. The summed E-state index contributed by atoms with van der Waals surface area (Å²) in [7, 11) is 1.29. The zero-order valence-corrected chi connectivity index (χ0v) is 15.6. The van der Waals surface area contributed by atoms with E-state index in [0.717, 1.165) is 36.2 Å². The number of carbonyl (C=O) groups excluding carboxylic acids is 1. The first-order chi connectivity index (χ1) is 12.5. The third kappa shape index (κ3) is 3.21. The number of ether oxygens (including phenoxy) is 1. The molecule has 0 saturated heterocycles. The van der Waals surface area contributed by atoms with Gasteiger partial charge in [0.15, 0.2) is 0 Å². The first kappa shape index (κ1) is 18.1. The predicted octanol–water partition coefficient (Wildman–Crippen LogP) is 4.89. The van der Waals surface area contributed by atoms with E-state index in [4.69, 9.17) is 9.72 Å². The molecule has 0 atom stereocenters. The molecule has 1 aromatic carbocycles. The SMILES string of the molecule is CCCCc1c(-c2c(C)cc(C(=O)OC)cc2F)nc2cc(C)ccn12. The molecule has 136 valence electrons. The molecule has 3 rings (SSSR count). The van der Waals surface area contributed by atoms with Crippen LogP contribution in [0.3, 0.4) is 0 Å². The molecule has 0 unspecified atom stereocenters. The van der Waals surface area contributed by atoms with E-state index >= 15 is 0 Å². The minimum Gasteiger partial charge on any atom is -0.465 e. The molecule has 5 heteroatoms. The minimum atomic E-state index is -0.546. The van der Waals surface area contributed by atoms with Crippen LogP contribution in [0, 0.1) is 19.7 Å². The van der Waals surface area contributed by atoms with Gasteiger partial charge in [-0.25, -0.2) is 14.2 Å². The maximum Gasteiger partial charge on any atom is 0.337 e. The Morgan fingerprint density at radius 2 is 2.04 bits per heavy atom. The van der Waals surface area contributed by atoms with Gasteiger partial charge < -0.3 is 9.14 Å². The number of aromatic nitrogens is 2. The van der Waals surface area contributed by atoms with Crippen LogP contribution in [0.5, 0.6) is 0 Å². The highest BCUT2D eigenvalue weighted by Crippen LogP contribution is 2.32. The second kappa shape index (κ2) is 7.28. The number of esters is 1. The molecule has 0 fully saturated rings. The van der Waals surface area contributed by atoms with Gasteiger partial charge in [-0.05, 0) is 62.1 Å². The van der Waals surface area contributed by atoms with Crippen molar-refractivity contribution in [3.63, 3.8) is 0 Å². The van der Waals surface area contributed by atoms with Crippen LogP contribution >= 0.6 is 0 Å². The van der Waals surface area contributed by atoms with Crippen LogP contribution in [0.15, 0.2) is 30.5 Å². The van der Waals surface area contributed by atoms with Gasteiger partial charge in [0.05, 0.1) is 24.1 Å². The zero-order valence-electron chi connectivity index (χ0n) is 15.6. The monoisotopic (exact) mass is 354 g/mol. The van der Waals surface area contributed by atoms with Crippen LogP contribution in [0.2, 0.25) is 0 Å². The van der Waals surface area contributed by atoms with Crippen LogP contribution in [-0.4, -0.2) is 22.5 Å². The lowest BCUT2D eigenvalue weighted by Crippen LogP contribution is -2.04. The molecule has 0 aliphatic heterocycles. The van der Waals surface area contributed by atoms with Crippen molar-refractivity contribution in [3.05, 3.63) is 58.7 Å². The van der Waals surface area contributed by atoms with Crippen molar-refractivity contribution >= 4 is 11.6 Å². The van der Waals surface area contributed by atoms with E-state index in [0.29, 0.717) is 16.8 Å². The Morgan fingerprint density at radius 3 is 2.69 bits per heavy atom. The van der Waals surface area contributed by atoms with Gasteiger partial charge in [0, 0.05) is 11.8 Å². The van der Waals surface area contributed by atoms with Gasteiger partial charge in [-0.2, -0.15) is 0 Å². The highest BCUT2D eigenvalue weighted by Gasteiger charge is 2.21. The first-order valence-electron chi connectivity index (χ1n) is 8.82. The summed E-state index contributed by atoms with van der Waals surface area (Å²) >= 11 is 0. The normalized spacial score (nSPS) is 11.1. The Hall–Kier alpha value is -2.69. The van der Waals surface area contributed by atoms with E-state index in [2.05, 4.69) is 6.92 Å². The molecule has 0 N–H and O–H groups in total. The average Bonchev–Trinajstić information content (AvgIpc) is 2.95. The smallest absolute Gasteiger partial charge is 0.337 e. The predicted molar refractivity (Wildman–Crippen MR) is 100 cm³/mol. The van der Waals surface area contributed by atoms with Crippen LogP contribution in [0.1, 0.15) is 46.9 Å². The molecule has 2 aromatic heterocycles. The van der Waals surface area contributed by atoms with Crippen molar-refractivity contribution < 1.29 is 13.9 Å². The lowest BCUT2D eigenvalue weighted by molar-refractivity contribution is 0.0600. The molecule has 0 radical (unpaired) electrons. The highest BCUT2D eigenvalue weighted by molar-refractivity contribution is 5.90. The van der Waals surface area contributed by atoms with E-state index in [1.807, 2.05) is 29.7 Å². The number of unbranched alkanes of at least 4 members (excludes halogenated alkanes) is 1. The third-order valence-electron chi connectivity index (χ3n) is 4.59. The van der Waals surface area contributed by atoms with Crippen LogP contribution < -0.4 is 0 Å². The average molecular weight is 354 g/mol. The number of imidazole rings is 1. The molecule has 0 bridgehead atoms. The highest BCUT2D eigenvalue weighted by atomic mass is 19.1. The van der Waals surface area contributed by atoms with Crippen molar-refractivity contribution in [2.45, 2.75) is 40.0 Å². The number of hydrogen-bond acceptors (Lipinski definition) is 3. The maximum atomic E-state index is 14.9. The van der Waals surface area contributed by atoms with Crippen LogP contribution in [-0.2, 0) is 11.2 Å². The minimum absolute atomic E-state index is 0.209. The molecule has 0 spiro atoms. The molecule has 0 aliphatic rings. The van der Waals surface area contributed by atoms with Crippen molar-refractivity contribution in [2.24, 2.45) is 0 Å². The number of aryl methyl sites for hydroxylation is 3. The topological polar surface area (TPSA) is 43.6 Å². The van der Waals surface area contributed by atoms with E-state index in [1.54, 1.807) is 13.0 Å².